The Morgan fingerprint density at radius 1 is 1.10 bits per heavy atom. The maximum atomic E-state index is 12.6. The highest BCUT2D eigenvalue weighted by Crippen LogP contribution is 2.29. The minimum Gasteiger partial charge on any atom is -0.496 e. The Hall–Kier alpha value is -2.25. The van der Waals surface area contributed by atoms with Gasteiger partial charge in [0.15, 0.2) is 0 Å². The van der Waals surface area contributed by atoms with Gasteiger partial charge in [-0.3, -0.25) is 4.79 Å². The second kappa shape index (κ2) is 11.1. The predicted octanol–water partition coefficient (Wildman–Crippen LogP) is 5.08. The van der Waals surface area contributed by atoms with Crippen LogP contribution in [0, 0.1) is 5.92 Å². The fourth-order valence-corrected chi connectivity index (χ4v) is 2.94. The zero-order chi connectivity index (χ0) is 20.7. The number of hydrogen-bond donors (Lipinski definition) is 2. The first-order valence-electron chi connectivity index (χ1n) is 9.00. The number of alkyl halides is 3. The molecular formula is C21H25ClF3NO3. The topological polar surface area (TPSA) is 58.6 Å². The molecular weight excluding hydrogens is 407 g/mol. The fraction of sp³-hybridized carbons (Fsp3) is 0.381. The van der Waals surface area contributed by atoms with E-state index in [1.165, 1.54) is 12.1 Å². The van der Waals surface area contributed by atoms with Gasteiger partial charge in [0, 0.05) is 18.7 Å². The summed E-state index contributed by atoms with van der Waals surface area (Å²) in [4.78, 5) is 11.3. The maximum absolute atomic E-state index is 12.6. The van der Waals surface area contributed by atoms with Crippen molar-refractivity contribution in [2.24, 2.45) is 5.92 Å². The number of carbonyl (C=O) groups is 1. The van der Waals surface area contributed by atoms with Crippen LogP contribution in [0.25, 0.3) is 0 Å². The van der Waals surface area contributed by atoms with Gasteiger partial charge < -0.3 is 15.2 Å². The minimum atomic E-state index is -4.34. The molecule has 0 fully saturated rings. The van der Waals surface area contributed by atoms with Crippen LogP contribution in [-0.4, -0.2) is 18.2 Å². The van der Waals surface area contributed by atoms with Gasteiger partial charge in [-0.2, -0.15) is 13.2 Å². The molecule has 0 aliphatic heterocycles. The third-order valence-electron chi connectivity index (χ3n) is 4.59. The molecule has 0 radical (unpaired) electrons. The van der Waals surface area contributed by atoms with Crippen LogP contribution in [0.3, 0.4) is 0 Å². The number of ether oxygens (including phenoxy) is 1. The van der Waals surface area contributed by atoms with E-state index in [-0.39, 0.29) is 12.4 Å². The summed E-state index contributed by atoms with van der Waals surface area (Å²) in [6.07, 6.45) is -3.36. The second-order valence-electron chi connectivity index (χ2n) is 6.59. The summed E-state index contributed by atoms with van der Waals surface area (Å²) in [6, 6.07) is 10.6. The highest BCUT2D eigenvalue weighted by Gasteiger charge is 2.29. The molecule has 2 aromatic carbocycles. The predicted molar refractivity (Wildman–Crippen MR) is 107 cm³/mol. The first kappa shape index (κ1) is 24.8. The molecule has 0 aromatic heterocycles. The number of nitrogens with one attached hydrogen (secondary N) is 1. The Kier molecular flexibility index (Phi) is 9.46. The Morgan fingerprint density at radius 3 is 2.24 bits per heavy atom. The molecule has 0 aliphatic carbocycles. The van der Waals surface area contributed by atoms with Crippen molar-refractivity contribution in [2.45, 2.75) is 39.0 Å². The van der Waals surface area contributed by atoms with E-state index in [4.69, 9.17) is 4.74 Å². The van der Waals surface area contributed by atoms with Crippen LogP contribution in [0.4, 0.5) is 13.2 Å². The van der Waals surface area contributed by atoms with E-state index in [9.17, 15) is 23.1 Å². The standard InChI is InChI=1S/C21H24F3NO3.ClH/c1-3-16(20(26)27)10-15-6-9-19(28-2)17(11-15)13-25-12-14-4-7-18(8-5-14)21(22,23)24;/h4-9,11,16,25H,3,10,12-13H2,1-2H3,(H,26,27);1H. The highest BCUT2D eigenvalue weighted by atomic mass is 35.5. The lowest BCUT2D eigenvalue weighted by atomic mass is 9.95. The minimum absolute atomic E-state index is 0. The second-order valence-corrected chi connectivity index (χ2v) is 6.59. The molecule has 0 spiro atoms. The lowest BCUT2D eigenvalue weighted by molar-refractivity contribution is -0.141. The van der Waals surface area contributed by atoms with Crippen LogP contribution in [0.5, 0.6) is 5.75 Å². The van der Waals surface area contributed by atoms with Crippen molar-refractivity contribution in [3.05, 3.63) is 64.7 Å². The molecule has 29 heavy (non-hydrogen) atoms. The van der Waals surface area contributed by atoms with Crippen LogP contribution >= 0.6 is 12.4 Å². The van der Waals surface area contributed by atoms with Gasteiger partial charge in [-0.25, -0.2) is 0 Å². The van der Waals surface area contributed by atoms with Gasteiger partial charge in [-0.15, -0.1) is 12.4 Å². The van der Waals surface area contributed by atoms with Crippen LogP contribution in [0.1, 0.15) is 35.6 Å². The maximum Gasteiger partial charge on any atom is 0.416 e. The van der Waals surface area contributed by atoms with Crippen molar-refractivity contribution in [3.8, 4) is 5.75 Å². The van der Waals surface area contributed by atoms with Gasteiger partial charge in [0.1, 0.15) is 5.75 Å². The number of carboxylic acid groups (broad SMARTS) is 1. The summed E-state index contributed by atoms with van der Waals surface area (Å²) in [5.41, 5.74) is 1.84. The van der Waals surface area contributed by atoms with E-state index in [1.807, 2.05) is 19.1 Å². The smallest absolute Gasteiger partial charge is 0.416 e. The van der Waals surface area contributed by atoms with E-state index in [0.717, 1.165) is 28.8 Å². The number of carboxylic acids is 1. The van der Waals surface area contributed by atoms with Gasteiger partial charge in [-0.05, 0) is 42.2 Å². The molecule has 0 aliphatic rings. The first-order chi connectivity index (χ1) is 13.2. The van der Waals surface area contributed by atoms with E-state index >= 15 is 0 Å². The van der Waals surface area contributed by atoms with Crippen LogP contribution in [0.2, 0.25) is 0 Å². The molecule has 8 heteroatoms. The molecule has 2 N–H and O–H groups in total. The Labute approximate surface area is 174 Å². The summed E-state index contributed by atoms with van der Waals surface area (Å²) in [6.45, 7) is 2.69. The summed E-state index contributed by atoms with van der Waals surface area (Å²) in [5.74, 6) is -0.589. The Balaban J connectivity index is 0.00000420. The number of halogens is 4. The largest absolute Gasteiger partial charge is 0.496 e. The lowest BCUT2D eigenvalue weighted by Gasteiger charge is -2.14. The zero-order valence-electron chi connectivity index (χ0n) is 16.3. The Morgan fingerprint density at radius 2 is 1.72 bits per heavy atom. The number of methoxy groups -OCH3 is 1. The molecule has 2 aromatic rings. The average Bonchev–Trinajstić information content (AvgIpc) is 2.65. The van der Waals surface area contributed by atoms with E-state index in [2.05, 4.69) is 5.32 Å². The average molecular weight is 432 g/mol. The number of aliphatic carboxylic acids is 1. The zero-order valence-corrected chi connectivity index (χ0v) is 17.1. The quantitative estimate of drug-likeness (QED) is 0.581. The molecule has 160 valence electrons. The van der Waals surface area contributed by atoms with Crippen molar-refractivity contribution >= 4 is 18.4 Å². The van der Waals surface area contributed by atoms with Gasteiger partial charge >= 0.3 is 12.1 Å². The van der Waals surface area contributed by atoms with Crippen molar-refractivity contribution in [3.63, 3.8) is 0 Å². The SMILES string of the molecule is CCC(Cc1ccc(OC)c(CNCc2ccc(C(F)(F)F)cc2)c1)C(=O)O.Cl. The lowest BCUT2D eigenvalue weighted by Crippen LogP contribution is -2.16. The van der Waals surface area contributed by atoms with E-state index in [1.54, 1.807) is 13.2 Å². The third kappa shape index (κ3) is 7.25. The van der Waals surface area contributed by atoms with Crippen molar-refractivity contribution < 1.29 is 27.8 Å². The normalized spacial score (nSPS) is 12.2. The van der Waals surface area contributed by atoms with Gasteiger partial charge in [0.25, 0.3) is 0 Å². The third-order valence-corrected chi connectivity index (χ3v) is 4.59. The first-order valence-corrected chi connectivity index (χ1v) is 9.00. The number of hydrogen-bond acceptors (Lipinski definition) is 3. The highest BCUT2D eigenvalue weighted by molar-refractivity contribution is 5.85. The van der Waals surface area contributed by atoms with E-state index < -0.39 is 23.6 Å². The molecule has 0 saturated carbocycles. The van der Waals surface area contributed by atoms with Gasteiger partial charge in [0.05, 0.1) is 18.6 Å². The number of benzene rings is 2. The molecule has 1 unspecified atom stereocenters. The van der Waals surface area contributed by atoms with Crippen molar-refractivity contribution in [1.82, 2.24) is 5.32 Å². The molecule has 4 nitrogen and oxygen atoms in total. The van der Waals surface area contributed by atoms with E-state index in [0.29, 0.717) is 31.7 Å². The van der Waals surface area contributed by atoms with Gasteiger partial charge in [-0.1, -0.05) is 31.2 Å². The molecule has 0 saturated heterocycles. The van der Waals surface area contributed by atoms with Crippen molar-refractivity contribution in [2.75, 3.05) is 7.11 Å². The number of rotatable bonds is 9. The van der Waals surface area contributed by atoms with Crippen LogP contribution in [-0.2, 0) is 30.5 Å². The Bertz CT molecular complexity index is 795. The molecule has 1 atom stereocenters. The van der Waals surface area contributed by atoms with Crippen molar-refractivity contribution in [1.29, 1.82) is 0 Å². The monoisotopic (exact) mass is 431 g/mol. The summed E-state index contributed by atoms with van der Waals surface area (Å²) in [7, 11) is 1.56. The van der Waals surface area contributed by atoms with Crippen LogP contribution in [0.15, 0.2) is 42.5 Å². The molecule has 0 amide bonds. The fourth-order valence-electron chi connectivity index (χ4n) is 2.94. The summed E-state index contributed by atoms with van der Waals surface area (Å²) >= 11 is 0. The molecule has 0 heterocycles. The van der Waals surface area contributed by atoms with Gasteiger partial charge in [0.2, 0.25) is 0 Å². The summed E-state index contributed by atoms with van der Waals surface area (Å²) in [5, 5.41) is 12.4. The molecule has 2 rings (SSSR count). The van der Waals surface area contributed by atoms with Crippen LogP contribution < -0.4 is 10.1 Å². The summed E-state index contributed by atoms with van der Waals surface area (Å²) < 4.78 is 43.2. The molecule has 0 bridgehead atoms.